The predicted octanol–water partition coefficient (Wildman–Crippen LogP) is 2.71. The maximum atomic E-state index is 13.6. The quantitative estimate of drug-likeness (QED) is 0.765. The number of imide groups is 1. The van der Waals surface area contributed by atoms with Gasteiger partial charge in [0.1, 0.15) is 12.4 Å². The second-order valence-electron chi connectivity index (χ2n) is 5.58. The topological polar surface area (TPSA) is 69.3 Å². The molecular formula is C16H16BrFN4O2. The zero-order valence-electron chi connectivity index (χ0n) is 12.8. The fourth-order valence-corrected chi connectivity index (χ4v) is 2.98. The SMILES string of the molecule is O=C1CN(Cc2[nH]ncc2Br)C(=O)N1CCCc1ccccc1F. The summed E-state index contributed by atoms with van der Waals surface area (Å²) in [6.07, 6.45) is 2.61. The maximum Gasteiger partial charge on any atom is 0.327 e. The Balaban J connectivity index is 1.56. The lowest BCUT2D eigenvalue weighted by molar-refractivity contribution is -0.125. The Labute approximate surface area is 146 Å². The number of aryl methyl sites for hydroxylation is 1. The molecule has 1 aliphatic heterocycles. The van der Waals surface area contributed by atoms with Gasteiger partial charge in [0, 0.05) is 6.54 Å². The number of amides is 3. The minimum atomic E-state index is -0.324. The Morgan fingerprint density at radius 2 is 2.08 bits per heavy atom. The zero-order chi connectivity index (χ0) is 17.1. The van der Waals surface area contributed by atoms with Crippen molar-refractivity contribution in [3.05, 3.63) is 52.0 Å². The summed E-state index contributed by atoms with van der Waals surface area (Å²) in [5, 5.41) is 6.67. The van der Waals surface area contributed by atoms with Crippen molar-refractivity contribution in [1.82, 2.24) is 20.0 Å². The minimum absolute atomic E-state index is 0.0456. The van der Waals surface area contributed by atoms with Crippen molar-refractivity contribution in [3.8, 4) is 0 Å². The smallest absolute Gasteiger partial charge is 0.309 e. The van der Waals surface area contributed by atoms with Gasteiger partial charge in [0.2, 0.25) is 5.91 Å². The number of nitrogens with one attached hydrogen (secondary N) is 1. The summed E-state index contributed by atoms with van der Waals surface area (Å²) >= 11 is 3.33. The van der Waals surface area contributed by atoms with Crippen molar-refractivity contribution >= 4 is 27.9 Å². The number of aromatic amines is 1. The molecule has 1 aliphatic rings. The van der Waals surface area contributed by atoms with E-state index in [-0.39, 0.29) is 37.4 Å². The van der Waals surface area contributed by atoms with Crippen LogP contribution in [-0.2, 0) is 17.8 Å². The van der Waals surface area contributed by atoms with Crippen LogP contribution in [0.4, 0.5) is 9.18 Å². The van der Waals surface area contributed by atoms with Crippen LogP contribution >= 0.6 is 15.9 Å². The summed E-state index contributed by atoms with van der Waals surface area (Å²) in [7, 11) is 0. The molecule has 0 radical (unpaired) electrons. The van der Waals surface area contributed by atoms with Crippen LogP contribution in [0.25, 0.3) is 0 Å². The van der Waals surface area contributed by atoms with Crippen molar-refractivity contribution in [3.63, 3.8) is 0 Å². The van der Waals surface area contributed by atoms with E-state index in [1.807, 2.05) is 0 Å². The highest BCUT2D eigenvalue weighted by Crippen LogP contribution is 2.19. The number of urea groups is 1. The summed E-state index contributed by atoms with van der Waals surface area (Å²) in [4.78, 5) is 27.1. The first-order valence-electron chi connectivity index (χ1n) is 7.56. The Bertz CT molecular complexity index is 764. The molecule has 1 aromatic carbocycles. The first-order valence-corrected chi connectivity index (χ1v) is 8.36. The highest BCUT2D eigenvalue weighted by molar-refractivity contribution is 9.10. The van der Waals surface area contributed by atoms with Gasteiger partial charge in [-0.1, -0.05) is 18.2 Å². The summed E-state index contributed by atoms with van der Waals surface area (Å²) in [5.74, 6) is -0.494. The molecular weight excluding hydrogens is 379 g/mol. The van der Waals surface area contributed by atoms with Gasteiger partial charge in [0.15, 0.2) is 0 Å². The number of hydrogen-bond acceptors (Lipinski definition) is 3. The molecule has 0 saturated carbocycles. The maximum absolute atomic E-state index is 13.6. The molecule has 6 nitrogen and oxygen atoms in total. The van der Waals surface area contributed by atoms with E-state index in [4.69, 9.17) is 0 Å². The first-order chi connectivity index (χ1) is 11.6. The monoisotopic (exact) mass is 394 g/mol. The number of aromatic nitrogens is 2. The molecule has 8 heteroatoms. The van der Waals surface area contributed by atoms with E-state index in [0.29, 0.717) is 18.4 Å². The van der Waals surface area contributed by atoms with Gasteiger partial charge in [-0.05, 0) is 40.4 Å². The highest BCUT2D eigenvalue weighted by atomic mass is 79.9. The molecule has 3 amide bonds. The summed E-state index contributed by atoms with van der Waals surface area (Å²) < 4.78 is 14.4. The lowest BCUT2D eigenvalue weighted by Gasteiger charge is -2.16. The summed E-state index contributed by atoms with van der Waals surface area (Å²) in [6.45, 7) is 0.617. The molecule has 0 bridgehead atoms. The standard InChI is InChI=1S/C16H16BrFN4O2/c17-12-8-19-20-14(12)9-21-10-15(23)22(16(21)24)7-3-5-11-4-1-2-6-13(11)18/h1-2,4,6,8H,3,5,7,9-10H2,(H,19,20). The molecule has 1 saturated heterocycles. The van der Waals surface area contributed by atoms with Gasteiger partial charge < -0.3 is 4.90 Å². The van der Waals surface area contributed by atoms with Crippen molar-refractivity contribution in [1.29, 1.82) is 0 Å². The van der Waals surface area contributed by atoms with Gasteiger partial charge in [-0.3, -0.25) is 14.8 Å². The predicted molar refractivity (Wildman–Crippen MR) is 88.5 cm³/mol. The molecule has 1 fully saturated rings. The Kier molecular flexibility index (Phi) is 4.94. The number of H-pyrrole nitrogens is 1. The molecule has 24 heavy (non-hydrogen) atoms. The van der Waals surface area contributed by atoms with Crippen LogP contribution in [0.3, 0.4) is 0 Å². The third kappa shape index (κ3) is 3.48. The van der Waals surface area contributed by atoms with Crippen LogP contribution in [0.1, 0.15) is 17.7 Å². The average molecular weight is 395 g/mol. The fourth-order valence-electron chi connectivity index (χ4n) is 2.67. The normalized spacial score (nSPS) is 14.8. The number of hydrogen-bond donors (Lipinski definition) is 1. The lowest BCUT2D eigenvalue weighted by atomic mass is 10.1. The molecule has 1 aromatic heterocycles. The van der Waals surface area contributed by atoms with Crippen molar-refractivity contribution in [2.45, 2.75) is 19.4 Å². The van der Waals surface area contributed by atoms with E-state index in [1.165, 1.54) is 15.9 Å². The third-order valence-electron chi connectivity index (χ3n) is 3.93. The summed E-state index contributed by atoms with van der Waals surface area (Å²) in [6, 6.07) is 6.21. The molecule has 3 rings (SSSR count). The van der Waals surface area contributed by atoms with Gasteiger partial charge in [0.05, 0.1) is 22.9 Å². The molecule has 126 valence electrons. The second-order valence-corrected chi connectivity index (χ2v) is 6.43. The molecule has 2 heterocycles. The largest absolute Gasteiger partial charge is 0.327 e. The number of rotatable bonds is 6. The molecule has 0 spiro atoms. The van der Waals surface area contributed by atoms with Crippen molar-refractivity contribution in [2.75, 3.05) is 13.1 Å². The Morgan fingerprint density at radius 3 is 2.79 bits per heavy atom. The molecule has 1 N–H and O–H groups in total. The third-order valence-corrected chi connectivity index (χ3v) is 4.61. The zero-order valence-corrected chi connectivity index (χ0v) is 14.4. The van der Waals surface area contributed by atoms with Crippen LogP contribution in [0, 0.1) is 5.82 Å². The molecule has 0 atom stereocenters. The van der Waals surface area contributed by atoms with Crippen LogP contribution in [-0.4, -0.2) is 45.0 Å². The average Bonchev–Trinajstić information content (AvgIpc) is 3.07. The van der Waals surface area contributed by atoms with Crippen LogP contribution in [0.15, 0.2) is 34.9 Å². The lowest BCUT2D eigenvalue weighted by Crippen LogP contribution is -2.34. The second kappa shape index (κ2) is 7.12. The Hall–Kier alpha value is -2.22. The number of carbonyl (C=O) groups excluding carboxylic acids is 2. The van der Waals surface area contributed by atoms with E-state index in [0.717, 1.165) is 10.2 Å². The Morgan fingerprint density at radius 1 is 1.29 bits per heavy atom. The van der Waals surface area contributed by atoms with E-state index >= 15 is 0 Å². The van der Waals surface area contributed by atoms with Gasteiger partial charge in [-0.15, -0.1) is 0 Å². The van der Waals surface area contributed by atoms with Crippen molar-refractivity contribution < 1.29 is 14.0 Å². The van der Waals surface area contributed by atoms with Crippen molar-refractivity contribution in [2.24, 2.45) is 0 Å². The number of nitrogens with zero attached hydrogens (tertiary/aromatic N) is 3. The minimum Gasteiger partial charge on any atom is -0.309 e. The van der Waals surface area contributed by atoms with Gasteiger partial charge >= 0.3 is 6.03 Å². The first kappa shape index (κ1) is 16.6. The van der Waals surface area contributed by atoms with E-state index in [2.05, 4.69) is 26.1 Å². The number of carbonyl (C=O) groups is 2. The van der Waals surface area contributed by atoms with E-state index in [1.54, 1.807) is 24.4 Å². The van der Waals surface area contributed by atoms with Gasteiger partial charge in [-0.25, -0.2) is 9.18 Å². The van der Waals surface area contributed by atoms with E-state index in [9.17, 15) is 14.0 Å². The number of benzene rings is 1. The molecule has 2 aromatic rings. The summed E-state index contributed by atoms with van der Waals surface area (Å²) in [5.41, 5.74) is 1.33. The van der Waals surface area contributed by atoms with Gasteiger partial charge in [0.25, 0.3) is 0 Å². The van der Waals surface area contributed by atoms with Crippen LogP contribution < -0.4 is 0 Å². The molecule has 0 unspecified atom stereocenters. The van der Waals surface area contributed by atoms with Crippen LogP contribution in [0.5, 0.6) is 0 Å². The fraction of sp³-hybridized carbons (Fsp3) is 0.312. The molecule has 0 aliphatic carbocycles. The van der Waals surface area contributed by atoms with Crippen LogP contribution in [0.2, 0.25) is 0 Å². The highest BCUT2D eigenvalue weighted by Gasteiger charge is 2.35. The van der Waals surface area contributed by atoms with E-state index < -0.39 is 0 Å². The number of halogens is 2. The van der Waals surface area contributed by atoms with Gasteiger partial charge in [-0.2, -0.15) is 5.10 Å².